The minimum atomic E-state index is -0.687. The van der Waals surface area contributed by atoms with E-state index in [9.17, 15) is 9.90 Å². The third-order valence-electron chi connectivity index (χ3n) is 4.59. The number of piperidine rings is 1. The van der Waals surface area contributed by atoms with E-state index < -0.39 is 5.97 Å². The molecule has 2 aromatic rings. The summed E-state index contributed by atoms with van der Waals surface area (Å²) in [6, 6.07) is 9.85. The molecule has 2 atom stereocenters. The lowest BCUT2D eigenvalue weighted by Crippen LogP contribution is -2.41. The Labute approximate surface area is 148 Å². The molecular formula is C20H24N2O3. The van der Waals surface area contributed by atoms with Crippen LogP contribution in [0.5, 0.6) is 11.5 Å². The zero-order chi connectivity index (χ0) is 17.8. The molecule has 5 heteroatoms. The standard InChI is InChI=1S/C20H24N2O3/c1-14-8-17(20(23)24)13-22(11-14)12-16-5-6-19(15(2)9-16)25-18-4-3-7-21-10-18/h3-7,9-10,14,17H,8,11-13H2,1-2H3,(H,23,24). The normalized spacial score (nSPS) is 21.0. The molecule has 25 heavy (non-hydrogen) atoms. The number of pyridine rings is 1. The first-order chi connectivity index (χ1) is 12.0. The highest BCUT2D eigenvalue weighted by Crippen LogP contribution is 2.27. The number of aromatic nitrogens is 1. The number of aryl methyl sites for hydroxylation is 1. The average molecular weight is 340 g/mol. The van der Waals surface area contributed by atoms with Crippen LogP contribution in [0.1, 0.15) is 24.5 Å². The molecule has 132 valence electrons. The van der Waals surface area contributed by atoms with Crippen molar-refractivity contribution in [2.24, 2.45) is 11.8 Å². The summed E-state index contributed by atoms with van der Waals surface area (Å²) < 4.78 is 5.87. The Morgan fingerprint density at radius 1 is 1.36 bits per heavy atom. The number of likely N-dealkylation sites (tertiary alicyclic amines) is 1. The summed E-state index contributed by atoms with van der Waals surface area (Å²) in [5.74, 6) is 0.981. The Kier molecular flexibility index (Phi) is 5.34. The molecule has 1 aromatic carbocycles. The molecule has 1 aromatic heterocycles. The van der Waals surface area contributed by atoms with E-state index in [1.165, 1.54) is 5.56 Å². The monoisotopic (exact) mass is 340 g/mol. The van der Waals surface area contributed by atoms with Gasteiger partial charge in [0.2, 0.25) is 0 Å². The van der Waals surface area contributed by atoms with Crippen molar-refractivity contribution in [2.45, 2.75) is 26.8 Å². The highest BCUT2D eigenvalue weighted by molar-refractivity contribution is 5.70. The molecule has 0 spiro atoms. The van der Waals surface area contributed by atoms with Gasteiger partial charge in [-0.15, -0.1) is 0 Å². The largest absolute Gasteiger partial charge is 0.481 e. The summed E-state index contributed by atoms with van der Waals surface area (Å²) in [6.45, 7) is 6.47. The predicted octanol–water partition coefficient (Wildman–Crippen LogP) is 3.72. The van der Waals surface area contributed by atoms with Crippen LogP contribution in [0.3, 0.4) is 0 Å². The van der Waals surface area contributed by atoms with Gasteiger partial charge < -0.3 is 9.84 Å². The van der Waals surface area contributed by atoms with Gasteiger partial charge in [-0.3, -0.25) is 14.7 Å². The van der Waals surface area contributed by atoms with E-state index in [1.807, 2.05) is 31.2 Å². The number of rotatable bonds is 5. The van der Waals surface area contributed by atoms with Crippen molar-refractivity contribution in [3.05, 3.63) is 53.9 Å². The van der Waals surface area contributed by atoms with Gasteiger partial charge in [-0.1, -0.05) is 19.1 Å². The Hall–Kier alpha value is -2.40. The number of carboxylic acid groups (broad SMARTS) is 1. The highest BCUT2D eigenvalue weighted by atomic mass is 16.5. The number of benzene rings is 1. The van der Waals surface area contributed by atoms with Gasteiger partial charge >= 0.3 is 5.97 Å². The minimum absolute atomic E-state index is 0.266. The first-order valence-corrected chi connectivity index (χ1v) is 8.64. The molecule has 0 saturated carbocycles. The Bertz CT molecular complexity index is 733. The van der Waals surface area contributed by atoms with Gasteiger partial charge in [0.05, 0.1) is 12.1 Å². The number of aliphatic carboxylic acids is 1. The molecule has 1 aliphatic rings. The van der Waals surface area contributed by atoms with Crippen molar-refractivity contribution in [1.29, 1.82) is 0 Å². The van der Waals surface area contributed by atoms with Crippen LogP contribution in [0.4, 0.5) is 0 Å². The maximum absolute atomic E-state index is 11.3. The van der Waals surface area contributed by atoms with Gasteiger partial charge in [0.15, 0.2) is 0 Å². The van der Waals surface area contributed by atoms with Crippen LogP contribution in [-0.2, 0) is 11.3 Å². The number of ether oxygens (including phenoxy) is 1. The fraction of sp³-hybridized carbons (Fsp3) is 0.400. The van der Waals surface area contributed by atoms with Crippen molar-refractivity contribution in [3.63, 3.8) is 0 Å². The Morgan fingerprint density at radius 3 is 2.88 bits per heavy atom. The zero-order valence-electron chi connectivity index (χ0n) is 14.7. The van der Waals surface area contributed by atoms with Crippen LogP contribution in [0.15, 0.2) is 42.7 Å². The Morgan fingerprint density at radius 2 is 2.20 bits per heavy atom. The molecule has 0 bridgehead atoms. The topological polar surface area (TPSA) is 62.7 Å². The van der Waals surface area contributed by atoms with E-state index in [0.717, 1.165) is 30.8 Å². The summed E-state index contributed by atoms with van der Waals surface area (Å²) in [7, 11) is 0. The fourth-order valence-electron chi connectivity index (χ4n) is 3.49. The van der Waals surface area contributed by atoms with Crippen LogP contribution in [0.25, 0.3) is 0 Å². The molecule has 1 saturated heterocycles. The number of hydrogen-bond acceptors (Lipinski definition) is 4. The first kappa shape index (κ1) is 17.4. The molecule has 2 heterocycles. The lowest BCUT2D eigenvalue weighted by atomic mass is 9.90. The third kappa shape index (κ3) is 4.57. The second-order valence-corrected chi connectivity index (χ2v) is 6.96. The SMILES string of the molecule is Cc1cc(CN2CC(C)CC(C(=O)O)C2)ccc1Oc1cccnc1. The predicted molar refractivity (Wildman–Crippen MR) is 95.7 cm³/mol. The lowest BCUT2D eigenvalue weighted by Gasteiger charge is -2.34. The third-order valence-corrected chi connectivity index (χ3v) is 4.59. The smallest absolute Gasteiger partial charge is 0.307 e. The number of carboxylic acids is 1. The molecule has 0 radical (unpaired) electrons. The van der Waals surface area contributed by atoms with Gasteiger partial charge in [-0.05, 0) is 48.6 Å². The van der Waals surface area contributed by atoms with E-state index in [0.29, 0.717) is 18.2 Å². The van der Waals surface area contributed by atoms with E-state index >= 15 is 0 Å². The van der Waals surface area contributed by atoms with Crippen molar-refractivity contribution < 1.29 is 14.6 Å². The van der Waals surface area contributed by atoms with Crippen molar-refractivity contribution in [2.75, 3.05) is 13.1 Å². The first-order valence-electron chi connectivity index (χ1n) is 8.64. The van der Waals surface area contributed by atoms with E-state index in [1.54, 1.807) is 12.4 Å². The van der Waals surface area contributed by atoms with E-state index in [2.05, 4.69) is 22.9 Å². The molecule has 1 fully saturated rings. The molecule has 1 aliphatic heterocycles. The highest BCUT2D eigenvalue weighted by Gasteiger charge is 2.29. The summed E-state index contributed by atoms with van der Waals surface area (Å²) in [5.41, 5.74) is 2.23. The molecule has 1 N–H and O–H groups in total. The van der Waals surface area contributed by atoms with Crippen LogP contribution in [0, 0.1) is 18.8 Å². The van der Waals surface area contributed by atoms with Crippen LogP contribution < -0.4 is 4.74 Å². The van der Waals surface area contributed by atoms with Crippen LogP contribution in [0.2, 0.25) is 0 Å². The summed E-state index contributed by atoms with van der Waals surface area (Å²) in [6.07, 6.45) is 4.17. The summed E-state index contributed by atoms with van der Waals surface area (Å²) >= 11 is 0. The zero-order valence-corrected chi connectivity index (χ0v) is 14.7. The fourth-order valence-corrected chi connectivity index (χ4v) is 3.49. The van der Waals surface area contributed by atoms with Gasteiger partial charge in [0.1, 0.15) is 11.5 Å². The lowest BCUT2D eigenvalue weighted by molar-refractivity contribution is -0.144. The summed E-state index contributed by atoms with van der Waals surface area (Å²) in [5, 5.41) is 9.31. The van der Waals surface area contributed by atoms with Gasteiger partial charge in [0.25, 0.3) is 0 Å². The summed E-state index contributed by atoms with van der Waals surface area (Å²) in [4.78, 5) is 17.6. The van der Waals surface area contributed by atoms with Crippen molar-refractivity contribution >= 4 is 5.97 Å². The van der Waals surface area contributed by atoms with Crippen LogP contribution in [-0.4, -0.2) is 34.0 Å². The van der Waals surface area contributed by atoms with Gasteiger partial charge in [-0.25, -0.2) is 0 Å². The number of carbonyl (C=O) groups is 1. The van der Waals surface area contributed by atoms with E-state index in [4.69, 9.17) is 4.74 Å². The molecule has 5 nitrogen and oxygen atoms in total. The minimum Gasteiger partial charge on any atom is -0.481 e. The quantitative estimate of drug-likeness (QED) is 0.899. The number of nitrogens with zero attached hydrogens (tertiary/aromatic N) is 2. The van der Waals surface area contributed by atoms with Gasteiger partial charge in [0, 0.05) is 25.8 Å². The maximum Gasteiger partial charge on any atom is 0.307 e. The molecular weight excluding hydrogens is 316 g/mol. The number of hydrogen-bond donors (Lipinski definition) is 1. The van der Waals surface area contributed by atoms with E-state index in [-0.39, 0.29) is 5.92 Å². The van der Waals surface area contributed by atoms with Crippen LogP contribution >= 0.6 is 0 Å². The van der Waals surface area contributed by atoms with Crippen molar-refractivity contribution in [3.8, 4) is 11.5 Å². The average Bonchev–Trinajstić information content (AvgIpc) is 2.58. The molecule has 0 amide bonds. The van der Waals surface area contributed by atoms with Crippen molar-refractivity contribution in [1.82, 2.24) is 9.88 Å². The second kappa shape index (κ2) is 7.66. The maximum atomic E-state index is 11.3. The van der Waals surface area contributed by atoms with Gasteiger partial charge in [-0.2, -0.15) is 0 Å². The molecule has 2 unspecified atom stereocenters. The molecule has 3 rings (SSSR count). The second-order valence-electron chi connectivity index (χ2n) is 6.96. The molecule has 0 aliphatic carbocycles. The Balaban J connectivity index is 1.67.